The van der Waals surface area contributed by atoms with Gasteiger partial charge in [0.05, 0.1) is 11.5 Å². The van der Waals surface area contributed by atoms with E-state index < -0.39 is 29.9 Å². The van der Waals surface area contributed by atoms with Gasteiger partial charge in [0.2, 0.25) is 5.91 Å². The Bertz CT molecular complexity index is 1950. The third-order valence-corrected chi connectivity index (χ3v) is 10.6. The van der Waals surface area contributed by atoms with Gasteiger partial charge in [-0.1, -0.05) is 120 Å². The van der Waals surface area contributed by atoms with E-state index >= 15 is 0 Å². The summed E-state index contributed by atoms with van der Waals surface area (Å²) in [6, 6.07) is 26.0. The van der Waals surface area contributed by atoms with Crippen molar-refractivity contribution >= 4 is 29.1 Å². The molecule has 9 nitrogen and oxygen atoms in total. The lowest BCUT2D eigenvalue weighted by atomic mass is 9.95. The monoisotopic (exact) mass is 746 g/mol. The van der Waals surface area contributed by atoms with Gasteiger partial charge in [0.1, 0.15) is 17.8 Å². The molecule has 0 bridgehead atoms. The van der Waals surface area contributed by atoms with Gasteiger partial charge in [0, 0.05) is 41.2 Å². The molecule has 10 heteroatoms. The predicted octanol–water partition coefficient (Wildman–Crippen LogP) is 8.67. The number of ether oxygens (including phenoxy) is 1. The number of carbonyl (C=O) groups excluding carboxylic acids is 2. The third-order valence-electron chi connectivity index (χ3n) is 9.10. The van der Waals surface area contributed by atoms with Crippen LogP contribution in [0.2, 0.25) is 0 Å². The number of carbonyl (C=O) groups is 3. The van der Waals surface area contributed by atoms with Gasteiger partial charge in [-0.05, 0) is 52.8 Å². The molecule has 0 saturated heterocycles. The zero-order valence-corrected chi connectivity index (χ0v) is 32.3. The maximum Gasteiger partial charge on any atom is 0.326 e. The molecule has 0 aliphatic rings. The summed E-state index contributed by atoms with van der Waals surface area (Å²) in [4.78, 5) is 50.1. The number of aromatic nitrogens is 2. The van der Waals surface area contributed by atoms with Gasteiger partial charge < -0.3 is 20.5 Å². The fourth-order valence-electron chi connectivity index (χ4n) is 5.91. The van der Waals surface area contributed by atoms with Gasteiger partial charge >= 0.3 is 5.97 Å². The van der Waals surface area contributed by atoms with E-state index in [1.165, 1.54) is 37.0 Å². The quantitative estimate of drug-likeness (QED) is 0.0765. The van der Waals surface area contributed by atoms with Gasteiger partial charge in [0.25, 0.3) is 5.91 Å². The van der Waals surface area contributed by atoms with E-state index in [0.717, 1.165) is 51.5 Å². The Hall–Kier alpha value is -5.35. The number of nitrogens with one attached hydrogen (secondary N) is 2. The van der Waals surface area contributed by atoms with Crippen LogP contribution in [0.3, 0.4) is 0 Å². The van der Waals surface area contributed by atoms with Gasteiger partial charge in [-0.3, -0.25) is 9.59 Å². The first-order valence-corrected chi connectivity index (χ1v) is 19.4. The van der Waals surface area contributed by atoms with Crippen molar-refractivity contribution in [1.29, 1.82) is 0 Å². The fourth-order valence-corrected chi connectivity index (χ4v) is 6.88. The van der Waals surface area contributed by atoms with Crippen molar-refractivity contribution in [2.24, 2.45) is 0 Å². The lowest BCUT2D eigenvalue weighted by molar-refractivity contribution is -0.142. The van der Waals surface area contributed by atoms with E-state index in [9.17, 15) is 19.5 Å². The highest BCUT2D eigenvalue weighted by molar-refractivity contribution is 7.14. The van der Waals surface area contributed by atoms with Gasteiger partial charge in [-0.2, -0.15) is 0 Å². The number of amides is 2. The molecule has 2 amide bonds. The second-order valence-corrected chi connectivity index (χ2v) is 15.6. The van der Waals surface area contributed by atoms with Gasteiger partial charge in [0.15, 0.2) is 5.82 Å². The van der Waals surface area contributed by atoms with E-state index in [1.807, 2.05) is 84.9 Å². The number of rotatable bonds is 18. The van der Waals surface area contributed by atoms with E-state index in [4.69, 9.17) is 4.74 Å². The smallest absolute Gasteiger partial charge is 0.326 e. The van der Waals surface area contributed by atoms with Crippen LogP contribution in [0.15, 0.2) is 103 Å². The number of nitrogens with zero attached hydrogens (tertiary/aromatic N) is 2. The van der Waals surface area contributed by atoms with Crippen LogP contribution < -0.4 is 15.4 Å². The summed E-state index contributed by atoms with van der Waals surface area (Å²) < 4.78 is 5.90. The second-order valence-electron chi connectivity index (χ2n) is 14.5. The third kappa shape index (κ3) is 11.6. The molecule has 282 valence electrons. The van der Waals surface area contributed by atoms with Crippen molar-refractivity contribution in [2.45, 2.75) is 90.1 Å². The molecule has 2 atom stereocenters. The van der Waals surface area contributed by atoms with Crippen LogP contribution in [0, 0.1) is 0 Å². The molecule has 0 aliphatic heterocycles. The molecule has 3 aromatic carbocycles. The summed E-state index contributed by atoms with van der Waals surface area (Å²) >= 11 is 1.38. The van der Waals surface area contributed by atoms with Crippen molar-refractivity contribution in [3.05, 3.63) is 124 Å². The molecule has 0 spiro atoms. The van der Waals surface area contributed by atoms with E-state index in [2.05, 4.69) is 48.3 Å². The van der Waals surface area contributed by atoms with Crippen LogP contribution in [-0.2, 0) is 27.8 Å². The Morgan fingerprint density at radius 1 is 0.722 bits per heavy atom. The Morgan fingerprint density at radius 3 is 1.98 bits per heavy atom. The lowest BCUT2D eigenvalue weighted by Crippen LogP contribution is -2.53. The average molecular weight is 747 g/mol. The Balaban J connectivity index is 1.26. The minimum atomic E-state index is -1.17. The molecule has 5 aromatic rings. The minimum Gasteiger partial charge on any atom is -0.494 e. The highest BCUT2D eigenvalue weighted by Crippen LogP contribution is 2.30. The molecule has 2 unspecified atom stereocenters. The molecule has 5 rings (SSSR count). The Labute approximate surface area is 322 Å². The summed E-state index contributed by atoms with van der Waals surface area (Å²) in [6.45, 7) is 9.15. The predicted molar refractivity (Wildman–Crippen MR) is 215 cm³/mol. The van der Waals surface area contributed by atoms with Crippen molar-refractivity contribution < 1.29 is 24.2 Å². The van der Waals surface area contributed by atoms with Crippen LogP contribution in [0.25, 0.3) is 22.5 Å². The lowest BCUT2D eigenvalue weighted by Gasteiger charge is -2.22. The molecular weight excluding hydrogens is 697 g/mol. The molecule has 0 radical (unpaired) electrons. The summed E-state index contributed by atoms with van der Waals surface area (Å²) in [5.74, 6) is -0.732. The largest absolute Gasteiger partial charge is 0.494 e. The topological polar surface area (TPSA) is 131 Å². The van der Waals surface area contributed by atoms with Crippen LogP contribution in [0.1, 0.15) is 85.5 Å². The van der Waals surface area contributed by atoms with Crippen LogP contribution >= 0.6 is 11.3 Å². The first-order valence-electron chi connectivity index (χ1n) is 18.6. The molecule has 2 heterocycles. The van der Waals surface area contributed by atoms with Crippen LogP contribution in [0.5, 0.6) is 5.75 Å². The standard InChI is InChI=1S/C44H50N4O5S/c1-5-6-7-8-12-25-53-35-21-19-32(20-22-35)34-28-45-40(46-29-34)33-17-15-31(16-18-33)26-36(47-42(50)38-23-24-39(54-38)44(2,3)4)41(49)48-37(43(51)52)27-30-13-10-9-11-14-30/h9-11,13-24,28-29,36-37H,5-8,12,25-27H2,1-4H3,(H,47,50)(H,48,49)(H,51,52). The fraction of sp³-hybridized carbons (Fsp3) is 0.341. The Kier molecular flexibility index (Phi) is 14.1. The molecular formula is C44H50N4O5S. The maximum absolute atomic E-state index is 13.7. The van der Waals surface area contributed by atoms with Gasteiger partial charge in [-0.15, -0.1) is 11.3 Å². The highest BCUT2D eigenvalue weighted by Gasteiger charge is 2.28. The molecule has 0 fully saturated rings. The van der Waals surface area contributed by atoms with Crippen molar-refractivity contribution in [3.8, 4) is 28.3 Å². The van der Waals surface area contributed by atoms with E-state index in [-0.39, 0.29) is 18.3 Å². The normalized spacial score (nSPS) is 12.4. The highest BCUT2D eigenvalue weighted by atomic mass is 32.1. The van der Waals surface area contributed by atoms with Crippen molar-refractivity contribution in [2.75, 3.05) is 6.61 Å². The van der Waals surface area contributed by atoms with Crippen molar-refractivity contribution in [3.63, 3.8) is 0 Å². The Morgan fingerprint density at radius 2 is 1.35 bits per heavy atom. The molecule has 0 saturated carbocycles. The summed E-state index contributed by atoms with van der Waals surface area (Å²) in [7, 11) is 0. The number of carboxylic acid groups (broad SMARTS) is 1. The summed E-state index contributed by atoms with van der Waals surface area (Å²) in [6.07, 6.45) is 9.83. The SMILES string of the molecule is CCCCCCCOc1ccc(-c2cnc(-c3ccc(CC(NC(=O)c4ccc(C(C)(C)C)s4)C(=O)NC(Cc4ccccc4)C(=O)O)cc3)nc2)cc1. The van der Waals surface area contributed by atoms with Crippen LogP contribution in [-0.4, -0.2) is 51.5 Å². The van der Waals surface area contributed by atoms with Gasteiger partial charge in [-0.25, -0.2) is 14.8 Å². The average Bonchev–Trinajstić information content (AvgIpc) is 3.69. The van der Waals surface area contributed by atoms with E-state index in [1.54, 1.807) is 18.5 Å². The number of hydrogen-bond acceptors (Lipinski definition) is 7. The number of unbranched alkanes of at least 4 members (excludes halogenated alkanes) is 4. The molecule has 3 N–H and O–H groups in total. The number of benzene rings is 3. The molecule has 2 aromatic heterocycles. The minimum absolute atomic E-state index is 0.106. The van der Waals surface area contributed by atoms with E-state index in [0.29, 0.717) is 10.7 Å². The summed E-state index contributed by atoms with van der Waals surface area (Å²) in [5.41, 5.74) is 4.08. The maximum atomic E-state index is 13.7. The number of carboxylic acids is 1. The first kappa shape index (κ1) is 39.8. The van der Waals surface area contributed by atoms with Crippen LogP contribution in [0.4, 0.5) is 0 Å². The number of thiophene rings is 1. The zero-order valence-electron chi connectivity index (χ0n) is 31.5. The zero-order chi connectivity index (χ0) is 38.5. The second kappa shape index (κ2) is 19.1. The van der Waals surface area contributed by atoms with Crippen molar-refractivity contribution in [1.82, 2.24) is 20.6 Å². The molecule has 54 heavy (non-hydrogen) atoms. The number of hydrogen-bond donors (Lipinski definition) is 3. The number of aliphatic carboxylic acids is 1. The summed E-state index contributed by atoms with van der Waals surface area (Å²) in [5, 5.41) is 15.5. The molecule has 0 aliphatic carbocycles. The first-order chi connectivity index (χ1) is 26.0.